The lowest BCUT2D eigenvalue weighted by Crippen LogP contribution is -2.32. The van der Waals surface area contributed by atoms with Gasteiger partial charge in [0, 0.05) is 11.1 Å². The molecule has 4 nitrogen and oxygen atoms in total. The average Bonchev–Trinajstić information content (AvgIpc) is 2.51. The van der Waals surface area contributed by atoms with E-state index in [4.69, 9.17) is 16.3 Å². The van der Waals surface area contributed by atoms with E-state index < -0.39 is 6.04 Å². The number of nitrogens with one attached hydrogen (secondary N) is 1. The Labute approximate surface area is 142 Å². The van der Waals surface area contributed by atoms with E-state index in [1.165, 1.54) is 0 Å². The molecule has 0 bridgehead atoms. The number of ether oxygens (including phenoxy) is 1. The van der Waals surface area contributed by atoms with Gasteiger partial charge in [-0.25, -0.2) is 0 Å². The summed E-state index contributed by atoms with van der Waals surface area (Å²) < 4.78 is 5.32. The largest absolute Gasteiger partial charge is 0.495 e. The Morgan fingerprint density at radius 2 is 1.87 bits per heavy atom. The van der Waals surface area contributed by atoms with Crippen LogP contribution in [0.2, 0.25) is 5.02 Å². The molecule has 5 heteroatoms. The van der Waals surface area contributed by atoms with Crippen LogP contribution in [0.15, 0.2) is 42.5 Å². The van der Waals surface area contributed by atoms with Gasteiger partial charge in [0.05, 0.1) is 12.8 Å². The Morgan fingerprint density at radius 1 is 1.22 bits per heavy atom. The fraction of sp³-hybridized carbons (Fsp3) is 0.278. The number of halogens is 1. The van der Waals surface area contributed by atoms with E-state index in [-0.39, 0.29) is 5.91 Å². The second kappa shape index (κ2) is 7.49. The first-order chi connectivity index (χ1) is 10.9. The van der Waals surface area contributed by atoms with E-state index in [0.29, 0.717) is 16.5 Å². The normalized spacial score (nSPS) is 12.1. The Hall–Kier alpha value is -2.04. The molecule has 23 heavy (non-hydrogen) atoms. The van der Waals surface area contributed by atoms with Gasteiger partial charge < -0.3 is 10.1 Å². The quantitative estimate of drug-likeness (QED) is 0.903. The van der Waals surface area contributed by atoms with Crippen molar-refractivity contribution in [2.75, 3.05) is 26.5 Å². The monoisotopic (exact) mass is 332 g/mol. The molecule has 1 unspecified atom stereocenters. The summed E-state index contributed by atoms with van der Waals surface area (Å²) in [7, 11) is 5.31. The summed E-state index contributed by atoms with van der Waals surface area (Å²) in [6.45, 7) is 1.89. The third kappa shape index (κ3) is 4.03. The molecule has 0 heterocycles. The summed E-state index contributed by atoms with van der Waals surface area (Å²) in [5.41, 5.74) is 2.42. The van der Waals surface area contributed by atoms with E-state index >= 15 is 0 Å². The number of nitrogens with zero attached hydrogens (tertiary/aromatic N) is 1. The highest BCUT2D eigenvalue weighted by atomic mass is 35.5. The third-order valence-corrected chi connectivity index (χ3v) is 4.03. The fourth-order valence-electron chi connectivity index (χ4n) is 2.45. The van der Waals surface area contributed by atoms with Crippen molar-refractivity contribution in [3.63, 3.8) is 0 Å². The Balaban J connectivity index is 2.31. The molecule has 122 valence electrons. The van der Waals surface area contributed by atoms with Crippen LogP contribution in [-0.4, -0.2) is 32.0 Å². The van der Waals surface area contributed by atoms with Crippen molar-refractivity contribution in [3.8, 4) is 5.75 Å². The minimum Gasteiger partial charge on any atom is -0.495 e. The molecule has 1 atom stereocenters. The minimum absolute atomic E-state index is 0.124. The minimum atomic E-state index is -0.392. The van der Waals surface area contributed by atoms with E-state index in [1.807, 2.05) is 62.3 Å². The lowest BCUT2D eigenvalue weighted by Gasteiger charge is -2.24. The lowest BCUT2D eigenvalue weighted by atomic mass is 10.0. The molecular weight excluding hydrogens is 312 g/mol. The molecule has 2 aromatic rings. The standard InChI is InChI=1S/C18H21ClN2O2/c1-12-10-15(16(23-4)11-14(12)19)20-18(22)17(21(2)3)13-8-6-5-7-9-13/h5-11,17H,1-4H3,(H,20,22). The van der Waals surface area contributed by atoms with Gasteiger partial charge in [0.15, 0.2) is 0 Å². The van der Waals surface area contributed by atoms with Gasteiger partial charge in [0.25, 0.3) is 0 Å². The summed E-state index contributed by atoms with van der Waals surface area (Å²) >= 11 is 6.11. The van der Waals surface area contributed by atoms with Crippen molar-refractivity contribution < 1.29 is 9.53 Å². The molecule has 1 amide bonds. The van der Waals surface area contributed by atoms with Crippen molar-refractivity contribution in [1.82, 2.24) is 4.90 Å². The summed E-state index contributed by atoms with van der Waals surface area (Å²) in [4.78, 5) is 14.7. The highest BCUT2D eigenvalue weighted by Crippen LogP contribution is 2.32. The zero-order chi connectivity index (χ0) is 17.0. The van der Waals surface area contributed by atoms with Crippen molar-refractivity contribution in [2.24, 2.45) is 0 Å². The number of methoxy groups -OCH3 is 1. The van der Waals surface area contributed by atoms with E-state index in [1.54, 1.807) is 13.2 Å². The summed E-state index contributed by atoms with van der Waals surface area (Å²) in [5, 5.41) is 3.55. The van der Waals surface area contributed by atoms with E-state index in [9.17, 15) is 4.79 Å². The number of aryl methyl sites for hydroxylation is 1. The van der Waals surface area contributed by atoms with Gasteiger partial charge in [-0.05, 0) is 38.2 Å². The van der Waals surface area contributed by atoms with Crippen LogP contribution in [0.1, 0.15) is 17.2 Å². The smallest absolute Gasteiger partial charge is 0.246 e. The predicted octanol–water partition coefficient (Wildman–Crippen LogP) is 3.90. The first-order valence-electron chi connectivity index (χ1n) is 7.30. The van der Waals surface area contributed by atoms with Gasteiger partial charge in [-0.15, -0.1) is 0 Å². The molecule has 2 rings (SSSR count). The first-order valence-corrected chi connectivity index (χ1v) is 7.68. The molecule has 0 aromatic heterocycles. The molecule has 0 aliphatic carbocycles. The molecular formula is C18H21ClN2O2. The highest BCUT2D eigenvalue weighted by Gasteiger charge is 2.23. The predicted molar refractivity (Wildman–Crippen MR) is 94.2 cm³/mol. The summed E-state index contributed by atoms with van der Waals surface area (Å²) in [6.07, 6.45) is 0. The van der Waals surface area contributed by atoms with Gasteiger partial charge in [-0.1, -0.05) is 41.9 Å². The topological polar surface area (TPSA) is 41.6 Å². The molecule has 0 saturated carbocycles. The van der Waals surface area contributed by atoms with E-state index in [0.717, 1.165) is 11.1 Å². The zero-order valence-corrected chi connectivity index (χ0v) is 14.5. The maximum atomic E-state index is 12.8. The number of amides is 1. The van der Waals surface area contributed by atoms with Crippen molar-refractivity contribution in [2.45, 2.75) is 13.0 Å². The number of likely N-dealkylation sites (N-methyl/N-ethyl adjacent to an activating group) is 1. The molecule has 0 fully saturated rings. The van der Waals surface area contributed by atoms with Gasteiger partial charge >= 0.3 is 0 Å². The van der Waals surface area contributed by atoms with Gasteiger partial charge in [-0.3, -0.25) is 9.69 Å². The Bertz CT molecular complexity index is 687. The maximum Gasteiger partial charge on any atom is 0.246 e. The molecule has 0 spiro atoms. The molecule has 0 aliphatic rings. The number of carbonyl (C=O) groups is 1. The van der Waals surface area contributed by atoms with Crippen LogP contribution in [0.5, 0.6) is 5.75 Å². The molecule has 0 saturated heterocycles. The van der Waals surface area contributed by atoms with Crippen LogP contribution in [0.25, 0.3) is 0 Å². The Morgan fingerprint density at radius 3 is 2.43 bits per heavy atom. The van der Waals surface area contributed by atoms with Gasteiger partial charge in [0.2, 0.25) is 5.91 Å². The molecule has 0 aliphatic heterocycles. The second-order valence-electron chi connectivity index (χ2n) is 5.57. The second-order valence-corrected chi connectivity index (χ2v) is 5.97. The van der Waals surface area contributed by atoms with Crippen molar-refractivity contribution in [1.29, 1.82) is 0 Å². The van der Waals surface area contributed by atoms with Crippen LogP contribution in [0, 0.1) is 6.92 Å². The molecule has 0 radical (unpaired) electrons. The van der Waals surface area contributed by atoms with Crippen LogP contribution >= 0.6 is 11.6 Å². The third-order valence-electron chi connectivity index (χ3n) is 3.62. The number of benzene rings is 2. The lowest BCUT2D eigenvalue weighted by molar-refractivity contribution is -0.120. The summed E-state index contributed by atoms with van der Waals surface area (Å²) in [5.74, 6) is 0.417. The number of carbonyl (C=O) groups excluding carboxylic acids is 1. The number of hydrogen-bond acceptors (Lipinski definition) is 3. The fourth-order valence-corrected chi connectivity index (χ4v) is 2.60. The number of anilines is 1. The molecule has 2 aromatic carbocycles. The SMILES string of the molecule is COc1cc(Cl)c(C)cc1NC(=O)C(c1ccccc1)N(C)C. The highest BCUT2D eigenvalue weighted by molar-refractivity contribution is 6.31. The number of hydrogen-bond donors (Lipinski definition) is 1. The first kappa shape index (κ1) is 17.3. The van der Waals surface area contributed by atoms with Crippen LogP contribution in [-0.2, 0) is 4.79 Å². The maximum absolute atomic E-state index is 12.8. The van der Waals surface area contributed by atoms with Gasteiger partial charge in [-0.2, -0.15) is 0 Å². The van der Waals surface area contributed by atoms with Crippen molar-refractivity contribution in [3.05, 3.63) is 58.6 Å². The zero-order valence-electron chi connectivity index (χ0n) is 13.8. The Kier molecular flexibility index (Phi) is 5.64. The van der Waals surface area contributed by atoms with Gasteiger partial charge in [0.1, 0.15) is 11.8 Å². The number of rotatable bonds is 5. The van der Waals surface area contributed by atoms with Crippen LogP contribution in [0.3, 0.4) is 0 Å². The summed E-state index contributed by atoms with van der Waals surface area (Å²) in [6, 6.07) is 12.8. The average molecular weight is 333 g/mol. The van der Waals surface area contributed by atoms with Crippen LogP contribution < -0.4 is 10.1 Å². The van der Waals surface area contributed by atoms with E-state index in [2.05, 4.69) is 5.32 Å². The van der Waals surface area contributed by atoms with Crippen LogP contribution in [0.4, 0.5) is 5.69 Å². The molecule has 1 N–H and O–H groups in total. The van der Waals surface area contributed by atoms with Crippen molar-refractivity contribution >= 4 is 23.2 Å².